The highest BCUT2D eigenvalue weighted by molar-refractivity contribution is 14.1. The molecule has 17 heavy (non-hydrogen) atoms. The van der Waals surface area contributed by atoms with Gasteiger partial charge < -0.3 is 15.4 Å². The summed E-state index contributed by atoms with van der Waals surface area (Å²) in [6.07, 6.45) is 6.76. The summed E-state index contributed by atoms with van der Waals surface area (Å²) in [5, 5.41) is 0. The zero-order chi connectivity index (χ0) is 12.7. The highest BCUT2D eigenvalue weighted by Gasteiger charge is 2.19. The summed E-state index contributed by atoms with van der Waals surface area (Å²) >= 11 is 2.01. The molecule has 4 nitrogen and oxygen atoms in total. The van der Waals surface area contributed by atoms with Gasteiger partial charge in [-0.05, 0) is 47.2 Å². The van der Waals surface area contributed by atoms with E-state index in [1.165, 1.54) is 0 Å². The van der Waals surface area contributed by atoms with E-state index in [0.717, 1.165) is 13.0 Å². The van der Waals surface area contributed by atoms with Crippen molar-refractivity contribution in [1.29, 1.82) is 0 Å². The normalized spacial score (nSPS) is 17.5. The van der Waals surface area contributed by atoms with E-state index in [9.17, 15) is 4.79 Å². The molecular weight excluding hydrogens is 331 g/mol. The first-order valence-electron chi connectivity index (χ1n) is 5.49. The summed E-state index contributed by atoms with van der Waals surface area (Å²) in [5.74, 6) is 0.880. The molecule has 1 aliphatic rings. The van der Waals surface area contributed by atoms with Gasteiger partial charge in [-0.25, -0.2) is 0 Å². The molecule has 2 N–H and O–H groups in total. The van der Waals surface area contributed by atoms with E-state index < -0.39 is 0 Å². The standard InChI is InChI=1S/C12H17IN2O2/c1-2-10(5-6-11(13)14)17-9-8-15-7-3-4-12(15)16/h2,5-6H,1,3-4,7-9,14H2/b10-5+,11-6-. The predicted octanol–water partition coefficient (Wildman–Crippen LogP) is 1.93. The minimum atomic E-state index is 0.217. The number of carbonyl (C=O) groups excluding carboxylic acids is 1. The van der Waals surface area contributed by atoms with Crippen LogP contribution in [0.25, 0.3) is 0 Å². The van der Waals surface area contributed by atoms with Crippen LogP contribution < -0.4 is 5.73 Å². The number of allylic oxidation sites excluding steroid dienone is 3. The van der Waals surface area contributed by atoms with Gasteiger partial charge in [0.2, 0.25) is 5.91 Å². The van der Waals surface area contributed by atoms with Gasteiger partial charge in [0.1, 0.15) is 12.4 Å². The quantitative estimate of drug-likeness (QED) is 0.345. The maximum absolute atomic E-state index is 11.3. The molecule has 1 saturated heterocycles. The third kappa shape index (κ3) is 5.25. The Labute approximate surface area is 115 Å². The van der Waals surface area contributed by atoms with E-state index in [2.05, 4.69) is 6.58 Å². The number of halogens is 1. The highest BCUT2D eigenvalue weighted by atomic mass is 127. The number of carbonyl (C=O) groups is 1. The number of nitrogens with zero attached hydrogens (tertiary/aromatic N) is 1. The minimum Gasteiger partial charge on any atom is -0.492 e. The van der Waals surface area contributed by atoms with Crippen molar-refractivity contribution in [3.63, 3.8) is 0 Å². The van der Waals surface area contributed by atoms with Crippen LogP contribution in [0, 0.1) is 0 Å². The molecule has 0 unspecified atom stereocenters. The van der Waals surface area contributed by atoms with Crippen LogP contribution in [0.5, 0.6) is 0 Å². The van der Waals surface area contributed by atoms with Crippen LogP contribution in [-0.2, 0) is 9.53 Å². The second-order valence-electron chi connectivity index (χ2n) is 3.66. The third-order valence-corrected chi connectivity index (χ3v) is 2.77. The summed E-state index contributed by atoms with van der Waals surface area (Å²) < 4.78 is 6.18. The number of ether oxygens (including phenoxy) is 1. The molecule has 0 aromatic carbocycles. The van der Waals surface area contributed by atoms with Gasteiger partial charge in [0.15, 0.2) is 0 Å². The lowest BCUT2D eigenvalue weighted by atomic mass is 10.4. The Balaban J connectivity index is 2.33. The Morgan fingerprint density at radius 1 is 1.59 bits per heavy atom. The van der Waals surface area contributed by atoms with E-state index in [1.807, 2.05) is 27.5 Å². The van der Waals surface area contributed by atoms with Crippen LogP contribution in [0.15, 0.2) is 34.3 Å². The molecule has 0 spiro atoms. The molecule has 0 saturated carbocycles. The van der Waals surface area contributed by atoms with Crippen molar-refractivity contribution >= 4 is 28.5 Å². The number of hydrogen-bond donors (Lipinski definition) is 1. The van der Waals surface area contributed by atoms with Crippen LogP contribution >= 0.6 is 22.6 Å². The lowest BCUT2D eigenvalue weighted by Crippen LogP contribution is -2.28. The molecule has 0 aliphatic carbocycles. The predicted molar refractivity (Wildman–Crippen MR) is 76.3 cm³/mol. The molecule has 0 aromatic heterocycles. The average molecular weight is 348 g/mol. The smallest absolute Gasteiger partial charge is 0.222 e. The van der Waals surface area contributed by atoms with Crippen molar-refractivity contribution < 1.29 is 9.53 Å². The van der Waals surface area contributed by atoms with Crippen molar-refractivity contribution in [2.45, 2.75) is 12.8 Å². The molecule has 0 bridgehead atoms. The molecule has 1 rings (SSSR count). The van der Waals surface area contributed by atoms with Gasteiger partial charge in [-0.3, -0.25) is 4.79 Å². The van der Waals surface area contributed by atoms with Gasteiger partial charge in [0.25, 0.3) is 0 Å². The molecule has 0 atom stereocenters. The molecule has 1 amide bonds. The van der Waals surface area contributed by atoms with Crippen molar-refractivity contribution in [2.75, 3.05) is 19.7 Å². The summed E-state index contributed by atoms with van der Waals surface area (Å²) in [4.78, 5) is 13.2. The van der Waals surface area contributed by atoms with Crippen molar-refractivity contribution in [3.05, 3.63) is 34.3 Å². The van der Waals surface area contributed by atoms with Crippen LogP contribution in [0.4, 0.5) is 0 Å². The SMILES string of the molecule is C=C/C(=C\C=C(/N)I)OCCN1CCCC1=O. The first-order valence-corrected chi connectivity index (χ1v) is 6.57. The molecule has 94 valence electrons. The second kappa shape index (κ2) is 7.37. The van der Waals surface area contributed by atoms with Crippen molar-refractivity contribution in [3.8, 4) is 0 Å². The van der Waals surface area contributed by atoms with Crippen LogP contribution in [0.1, 0.15) is 12.8 Å². The van der Waals surface area contributed by atoms with Crippen LogP contribution in [-0.4, -0.2) is 30.5 Å². The lowest BCUT2D eigenvalue weighted by molar-refractivity contribution is -0.128. The van der Waals surface area contributed by atoms with Gasteiger partial charge in [-0.15, -0.1) is 0 Å². The fourth-order valence-electron chi connectivity index (χ4n) is 1.55. The van der Waals surface area contributed by atoms with E-state index in [4.69, 9.17) is 10.5 Å². The number of nitrogens with two attached hydrogens (primary N) is 1. The maximum atomic E-state index is 11.3. The third-order valence-electron chi connectivity index (χ3n) is 2.41. The van der Waals surface area contributed by atoms with Gasteiger partial charge in [-0.1, -0.05) is 6.58 Å². The Morgan fingerprint density at radius 3 is 2.88 bits per heavy atom. The monoisotopic (exact) mass is 348 g/mol. The Morgan fingerprint density at radius 2 is 2.35 bits per heavy atom. The first-order chi connectivity index (χ1) is 8.13. The molecular formula is C12H17IN2O2. The molecule has 0 radical (unpaired) electrons. The second-order valence-corrected chi connectivity index (χ2v) is 4.90. The van der Waals surface area contributed by atoms with E-state index in [0.29, 0.717) is 29.0 Å². The van der Waals surface area contributed by atoms with Crippen molar-refractivity contribution in [1.82, 2.24) is 4.90 Å². The Bertz CT molecular complexity index is 346. The molecule has 5 heteroatoms. The number of amides is 1. The largest absolute Gasteiger partial charge is 0.492 e. The Kier molecular flexibility index (Phi) is 6.10. The fraction of sp³-hybridized carbons (Fsp3) is 0.417. The molecule has 1 aliphatic heterocycles. The summed E-state index contributed by atoms with van der Waals surface area (Å²) in [5.41, 5.74) is 5.50. The number of rotatable bonds is 6. The summed E-state index contributed by atoms with van der Waals surface area (Å²) in [6, 6.07) is 0. The highest BCUT2D eigenvalue weighted by Crippen LogP contribution is 2.09. The zero-order valence-electron chi connectivity index (χ0n) is 9.69. The number of likely N-dealkylation sites (tertiary alicyclic amines) is 1. The van der Waals surface area contributed by atoms with E-state index in [1.54, 1.807) is 18.2 Å². The maximum Gasteiger partial charge on any atom is 0.222 e. The van der Waals surface area contributed by atoms with Gasteiger partial charge in [0, 0.05) is 13.0 Å². The molecule has 0 aromatic rings. The number of hydrogen-bond acceptors (Lipinski definition) is 3. The molecule has 1 fully saturated rings. The average Bonchev–Trinajstić information content (AvgIpc) is 2.69. The zero-order valence-corrected chi connectivity index (χ0v) is 11.9. The van der Waals surface area contributed by atoms with Gasteiger partial charge >= 0.3 is 0 Å². The fourth-order valence-corrected chi connectivity index (χ4v) is 1.73. The summed E-state index contributed by atoms with van der Waals surface area (Å²) in [7, 11) is 0. The topological polar surface area (TPSA) is 55.6 Å². The lowest BCUT2D eigenvalue weighted by Gasteiger charge is -2.15. The van der Waals surface area contributed by atoms with Crippen molar-refractivity contribution in [2.24, 2.45) is 5.73 Å². The molecule has 1 heterocycles. The minimum absolute atomic E-state index is 0.217. The van der Waals surface area contributed by atoms with E-state index in [-0.39, 0.29) is 5.91 Å². The van der Waals surface area contributed by atoms with E-state index >= 15 is 0 Å². The Hall–Kier alpha value is -0.980. The first kappa shape index (κ1) is 14.1. The van der Waals surface area contributed by atoms with Crippen LogP contribution in [0.2, 0.25) is 0 Å². The van der Waals surface area contributed by atoms with Gasteiger partial charge in [-0.2, -0.15) is 0 Å². The summed E-state index contributed by atoms with van der Waals surface area (Å²) in [6.45, 7) is 5.62. The van der Waals surface area contributed by atoms with Gasteiger partial charge in [0.05, 0.1) is 10.2 Å². The van der Waals surface area contributed by atoms with Crippen LogP contribution in [0.3, 0.4) is 0 Å².